The van der Waals surface area contributed by atoms with Crippen LogP contribution in [0.1, 0.15) is 17.8 Å². The fraction of sp³-hybridized carbons (Fsp3) is 0.333. The van der Waals surface area contributed by atoms with Gasteiger partial charge in [-0.1, -0.05) is 47.7 Å². The Hall–Kier alpha value is -2.16. The van der Waals surface area contributed by atoms with Gasteiger partial charge in [0.15, 0.2) is 20.8 Å². The Morgan fingerprint density at radius 3 is 2.34 bits per heavy atom. The number of hydrogen-bond donors (Lipinski definition) is 0. The van der Waals surface area contributed by atoms with E-state index in [1.807, 2.05) is 55.9 Å². The second-order valence-electron chi connectivity index (χ2n) is 7.15. The molecule has 8 heteroatoms. The van der Waals surface area contributed by atoms with E-state index >= 15 is 0 Å². The number of thioether (sulfide) groups is 1. The Bertz CT molecular complexity index is 1030. The van der Waals surface area contributed by atoms with Gasteiger partial charge < -0.3 is 4.90 Å². The van der Waals surface area contributed by atoms with Crippen LogP contribution in [0.3, 0.4) is 0 Å². The fourth-order valence-electron chi connectivity index (χ4n) is 2.87. The first-order chi connectivity index (χ1) is 13.9. The van der Waals surface area contributed by atoms with Crippen molar-refractivity contribution in [1.82, 2.24) is 19.7 Å². The van der Waals surface area contributed by atoms with Gasteiger partial charge >= 0.3 is 0 Å². The molecule has 3 rings (SSSR count). The van der Waals surface area contributed by atoms with Crippen LogP contribution in [0.4, 0.5) is 0 Å². The fourth-order valence-corrected chi connectivity index (χ4v) is 5.01. The topological polar surface area (TPSA) is 68.1 Å². The average Bonchev–Trinajstić information content (AvgIpc) is 3.08. The highest BCUT2D eigenvalue weighted by Gasteiger charge is 2.22. The van der Waals surface area contributed by atoms with Crippen molar-refractivity contribution < 1.29 is 8.42 Å². The molecule has 154 valence electrons. The van der Waals surface area contributed by atoms with E-state index in [0.29, 0.717) is 15.9 Å². The highest BCUT2D eigenvalue weighted by Crippen LogP contribution is 2.25. The van der Waals surface area contributed by atoms with Crippen molar-refractivity contribution >= 4 is 21.6 Å². The molecule has 0 unspecified atom stereocenters. The Morgan fingerprint density at radius 2 is 1.69 bits per heavy atom. The van der Waals surface area contributed by atoms with Crippen LogP contribution in [0, 0.1) is 6.92 Å². The summed E-state index contributed by atoms with van der Waals surface area (Å²) in [5.74, 6) is 1.11. The molecule has 29 heavy (non-hydrogen) atoms. The molecule has 3 aromatic rings. The van der Waals surface area contributed by atoms with E-state index in [-0.39, 0.29) is 5.75 Å². The minimum Gasteiger partial charge on any atom is -0.309 e. The molecule has 0 saturated carbocycles. The van der Waals surface area contributed by atoms with Gasteiger partial charge in [-0.3, -0.25) is 4.57 Å². The monoisotopic (exact) mass is 430 g/mol. The predicted octanol–water partition coefficient (Wildman–Crippen LogP) is 3.59. The van der Waals surface area contributed by atoms with E-state index in [1.54, 1.807) is 36.0 Å². The maximum Gasteiger partial charge on any atom is 0.195 e. The maximum atomic E-state index is 12.9. The van der Waals surface area contributed by atoms with E-state index in [0.717, 1.165) is 30.0 Å². The second-order valence-corrected chi connectivity index (χ2v) is 10.2. The van der Waals surface area contributed by atoms with Crippen molar-refractivity contribution in [2.75, 3.05) is 26.4 Å². The Labute approximate surface area is 176 Å². The van der Waals surface area contributed by atoms with Crippen LogP contribution in [0.25, 0.3) is 5.69 Å². The average molecular weight is 431 g/mol. The lowest BCUT2D eigenvalue weighted by molar-refractivity contribution is 0.410. The predicted molar refractivity (Wildman–Crippen MR) is 117 cm³/mol. The van der Waals surface area contributed by atoms with E-state index < -0.39 is 9.84 Å². The summed E-state index contributed by atoms with van der Waals surface area (Å²) < 4.78 is 27.7. The van der Waals surface area contributed by atoms with Crippen molar-refractivity contribution in [2.24, 2.45) is 0 Å². The van der Waals surface area contributed by atoms with Gasteiger partial charge in [0.25, 0.3) is 0 Å². The summed E-state index contributed by atoms with van der Waals surface area (Å²) in [6, 6.07) is 16.6. The molecule has 0 fully saturated rings. The normalized spacial score (nSPS) is 11.9. The third-order valence-electron chi connectivity index (χ3n) is 4.39. The van der Waals surface area contributed by atoms with Crippen LogP contribution in [0.5, 0.6) is 0 Å². The third kappa shape index (κ3) is 5.68. The van der Waals surface area contributed by atoms with Crippen molar-refractivity contribution in [2.45, 2.75) is 29.1 Å². The van der Waals surface area contributed by atoms with Gasteiger partial charge in [0.2, 0.25) is 0 Å². The minimum absolute atomic E-state index is 0.198. The molecule has 6 nitrogen and oxygen atoms in total. The summed E-state index contributed by atoms with van der Waals surface area (Å²) in [5, 5.41) is 9.25. The summed E-state index contributed by atoms with van der Waals surface area (Å²) in [5.41, 5.74) is 1.88. The van der Waals surface area contributed by atoms with Crippen LogP contribution in [0.2, 0.25) is 0 Å². The summed E-state index contributed by atoms with van der Waals surface area (Å²) >= 11 is 1.60. The highest BCUT2D eigenvalue weighted by atomic mass is 32.2. The quantitative estimate of drug-likeness (QED) is 0.382. The van der Waals surface area contributed by atoms with Crippen LogP contribution < -0.4 is 0 Å². The van der Waals surface area contributed by atoms with Crippen molar-refractivity contribution in [3.63, 3.8) is 0 Å². The number of aromatic nitrogens is 3. The van der Waals surface area contributed by atoms with Gasteiger partial charge in [-0.25, -0.2) is 8.42 Å². The Balaban J connectivity index is 1.89. The molecule has 1 heterocycles. The molecule has 0 aliphatic carbocycles. The molecule has 0 radical (unpaired) electrons. The molecule has 0 N–H and O–H groups in total. The third-order valence-corrected chi connectivity index (χ3v) is 7.04. The molecule has 0 bridgehead atoms. The van der Waals surface area contributed by atoms with Gasteiger partial charge in [0.05, 0.1) is 4.90 Å². The number of nitrogens with zero attached hydrogens (tertiary/aromatic N) is 4. The summed E-state index contributed by atoms with van der Waals surface area (Å²) in [6.07, 6.45) is 1.01. The lowest BCUT2D eigenvalue weighted by atomic mass is 10.2. The van der Waals surface area contributed by atoms with Crippen molar-refractivity contribution in [3.05, 3.63) is 66.0 Å². The number of hydrogen-bond acceptors (Lipinski definition) is 6. The van der Waals surface area contributed by atoms with Crippen LogP contribution in [0.15, 0.2) is 64.6 Å². The van der Waals surface area contributed by atoms with Crippen LogP contribution in [-0.2, 0) is 15.6 Å². The summed E-state index contributed by atoms with van der Waals surface area (Å²) in [7, 11) is 0.571. The van der Waals surface area contributed by atoms with E-state index in [9.17, 15) is 8.42 Å². The first-order valence-corrected chi connectivity index (χ1v) is 12.1. The van der Waals surface area contributed by atoms with E-state index in [2.05, 4.69) is 15.1 Å². The molecule has 2 aromatic carbocycles. The maximum absolute atomic E-state index is 12.9. The van der Waals surface area contributed by atoms with E-state index in [4.69, 9.17) is 0 Å². The van der Waals surface area contributed by atoms with Gasteiger partial charge in [-0.2, -0.15) is 0 Å². The molecular weight excluding hydrogens is 404 g/mol. The zero-order valence-electron chi connectivity index (χ0n) is 16.9. The first kappa shape index (κ1) is 21.5. The number of benzene rings is 2. The first-order valence-electron chi connectivity index (χ1n) is 9.43. The Morgan fingerprint density at radius 1 is 1.00 bits per heavy atom. The number of sulfone groups is 1. The van der Waals surface area contributed by atoms with Crippen molar-refractivity contribution in [3.8, 4) is 5.69 Å². The lowest BCUT2D eigenvalue weighted by Gasteiger charge is -2.12. The Kier molecular flexibility index (Phi) is 7.10. The molecule has 0 aliphatic heterocycles. The van der Waals surface area contributed by atoms with Crippen LogP contribution >= 0.6 is 11.8 Å². The largest absolute Gasteiger partial charge is 0.309 e. The second kappa shape index (κ2) is 9.56. The number of aryl methyl sites for hydroxylation is 1. The molecule has 0 atom stereocenters. The lowest BCUT2D eigenvalue weighted by Crippen LogP contribution is -2.13. The summed E-state index contributed by atoms with van der Waals surface area (Å²) in [6.45, 7) is 2.92. The highest BCUT2D eigenvalue weighted by molar-refractivity contribution is 7.99. The molecule has 1 aromatic heterocycles. The molecule has 0 saturated heterocycles. The van der Waals surface area contributed by atoms with Gasteiger partial charge in [0.1, 0.15) is 5.75 Å². The van der Waals surface area contributed by atoms with Gasteiger partial charge in [0, 0.05) is 11.4 Å². The summed E-state index contributed by atoms with van der Waals surface area (Å²) in [4.78, 5) is 2.44. The minimum atomic E-state index is -3.52. The smallest absolute Gasteiger partial charge is 0.195 e. The zero-order chi connectivity index (χ0) is 20.9. The molecular formula is C21H26N4O2S2. The number of rotatable bonds is 9. The van der Waals surface area contributed by atoms with Crippen molar-refractivity contribution in [1.29, 1.82) is 0 Å². The van der Waals surface area contributed by atoms with Crippen LogP contribution in [-0.4, -0.2) is 54.5 Å². The van der Waals surface area contributed by atoms with Gasteiger partial charge in [-0.05, 0) is 58.3 Å². The molecule has 0 spiro atoms. The SMILES string of the molecule is Cc1ccc(S(=O)(=O)Cc2nnc(SCCCN(C)C)n2-c2ccccc2)cc1. The van der Waals surface area contributed by atoms with E-state index in [1.165, 1.54) is 0 Å². The number of para-hydroxylation sites is 1. The molecule has 0 aliphatic rings. The molecule has 0 amide bonds. The standard InChI is InChI=1S/C21H26N4O2S2/c1-17-10-12-19(13-11-17)29(26,27)16-20-22-23-21(28-15-7-14-24(2)3)25(20)18-8-5-4-6-9-18/h4-6,8-13H,7,14-16H2,1-3H3. The zero-order valence-corrected chi connectivity index (χ0v) is 18.6. The van der Waals surface area contributed by atoms with Gasteiger partial charge in [-0.15, -0.1) is 10.2 Å².